The number of hydrogen-bond donors (Lipinski definition) is 1. The van der Waals surface area contributed by atoms with Gasteiger partial charge in [0.2, 0.25) is 5.91 Å². The SMILES string of the molecule is CCOC(=O)C1=C(N(Cc2ccccc2)[C@H](C(=O)NC2CCCCC2)c2ccccc2)C(=O)N(c2ccccc2)[C@@H]1c1ccc(Cl)cc1. The van der Waals surface area contributed by atoms with E-state index in [0.29, 0.717) is 21.8 Å². The summed E-state index contributed by atoms with van der Waals surface area (Å²) in [6.45, 7) is 2.05. The number of benzene rings is 4. The molecule has 1 fully saturated rings. The van der Waals surface area contributed by atoms with Gasteiger partial charge in [-0.3, -0.25) is 14.5 Å². The van der Waals surface area contributed by atoms with Crippen LogP contribution in [0.2, 0.25) is 5.02 Å². The first-order valence-corrected chi connectivity index (χ1v) is 17.0. The first kappa shape index (κ1) is 33.0. The zero-order valence-corrected chi connectivity index (χ0v) is 27.8. The van der Waals surface area contributed by atoms with Gasteiger partial charge in [-0.1, -0.05) is 122 Å². The van der Waals surface area contributed by atoms with Gasteiger partial charge in [0, 0.05) is 23.3 Å². The maximum atomic E-state index is 15.1. The number of hydrogen-bond acceptors (Lipinski definition) is 5. The van der Waals surface area contributed by atoms with E-state index >= 15 is 4.79 Å². The van der Waals surface area contributed by atoms with Gasteiger partial charge >= 0.3 is 5.97 Å². The number of para-hydroxylation sites is 1. The van der Waals surface area contributed by atoms with Crippen molar-refractivity contribution >= 4 is 35.1 Å². The van der Waals surface area contributed by atoms with Gasteiger partial charge in [0.15, 0.2) is 0 Å². The Morgan fingerprint density at radius 2 is 1.46 bits per heavy atom. The Bertz CT molecular complexity index is 1740. The molecule has 7 nitrogen and oxygen atoms in total. The van der Waals surface area contributed by atoms with Crippen molar-refractivity contribution in [1.82, 2.24) is 10.2 Å². The molecule has 0 spiro atoms. The monoisotopic (exact) mass is 661 g/mol. The van der Waals surface area contributed by atoms with Gasteiger partial charge in [-0.15, -0.1) is 0 Å². The molecule has 246 valence electrons. The molecule has 48 heavy (non-hydrogen) atoms. The predicted octanol–water partition coefficient (Wildman–Crippen LogP) is 7.94. The van der Waals surface area contributed by atoms with E-state index < -0.39 is 24.0 Å². The maximum Gasteiger partial charge on any atom is 0.338 e. The Hall–Kier alpha value is -4.88. The van der Waals surface area contributed by atoms with Gasteiger partial charge in [-0.05, 0) is 60.7 Å². The smallest absolute Gasteiger partial charge is 0.338 e. The Kier molecular flexibility index (Phi) is 10.6. The fourth-order valence-electron chi connectivity index (χ4n) is 6.83. The first-order valence-electron chi connectivity index (χ1n) is 16.7. The molecule has 4 aromatic rings. The van der Waals surface area contributed by atoms with Crippen molar-refractivity contribution in [1.29, 1.82) is 0 Å². The van der Waals surface area contributed by atoms with Gasteiger partial charge in [0.1, 0.15) is 11.7 Å². The lowest BCUT2D eigenvalue weighted by Gasteiger charge is -2.35. The Labute approximate surface area is 287 Å². The minimum Gasteiger partial charge on any atom is -0.463 e. The number of amides is 2. The third-order valence-electron chi connectivity index (χ3n) is 9.03. The lowest BCUT2D eigenvalue weighted by Crippen LogP contribution is -2.46. The number of carbonyl (C=O) groups is 3. The molecular weight excluding hydrogens is 622 g/mol. The van der Waals surface area contributed by atoms with Crippen molar-refractivity contribution < 1.29 is 19.1 Å². The molecular formula is C40H40ClN3O4. The van der Waals surface area contributed by atoms with E-state index in [9.17, 15) is 9.59 Å². The Morgan fingerprint density at radius 3 is 2.08 bits per heavy atom. The lowest BCUT2D eigenvalue weighted by molar-refractivity contribution is -0.139. The molecule has 0 bridgehead atoms. The zero-order chi connectivity index (χ0) is 33.5. The van der Waals surface area contributed by atoms with E-state index in [2.05, 4.69) is 5.32 Å². The summed E-state index contributed by atoms with van der Waals surface area (Å²) >= 11 is 6.31. The highest BCUT2D eigenvalue weighted by Gasteiger charge is 2.49. The van der Waals surface area contributed by atoms with Crippen molar-refractivity contribution in [3.05, 3.63) is 148 Å². The minimum absolute atomic E-state index is 0.0384. The van der Waals surface area contributed by atoms with Crippen LogP contribution in [0.15, 0.2) is 127 Å². The summed E-state index contributed by atoms with van der Waals surface area (Å²) in [5, 5.41) is 3.86. The van der Waals surface area contributed by atoms with Gasteiger partial charge in [0.05, 0.1) is 18.2 Å². The van der Waals surface area contributed by atoms with Crippen LogP contribution in [0, 0.1) is 0 Å². The normalized spacial score (nSPS) is 17.2. The van der Waals surface area contributed by atoms with Crippen molar-refractivity contribution in [2.24, 2.45) is 0 Å². The van der Waals surface area contributed by atoms with E-state index in [4.69, 9.17) is 16.3 Å². The fourth-order valence-corrected chi connectivity index (χ4v) is 6.96. The summed E-state index contributed by atoms with van der Waals surface area (Å²) in [7, 11) is 0. The highest BCUT2D eigenvalue weighted by atomic mass is 35.5. The third kappa shape index (κ3) is 7.16. The van der Waals surface area contributed by atoms with Crippen LogP contribution in [0.1, 0.15) is 67.8 Å². The highest BCUT2D eigenvalue weighted by molar-refractivity contribution is 6.30. The molecule has 1 aliphatic heterocycles. The van der Waals surface area contributed by atoms with Crippen LogP contribution in [0.3, 0.4) is 0 Å². The van der Waals surface area contributed by atoms with Crippen molar-refractivity contribution in [3.63, 3.8) is 0 Å². The topological polar surface area (TPSA) is 79.0 Å². The Balaban J connectivity index is 1.59. The van der Waals surface area contributed by atoms with Gasteiger partial charge in [-0.2, -0.15) is 0 Å². The van der Waals surface area contributed by atoms with Crippen molar-refractivity contribution in [2.45, 2.75) is 63.7 Å². The lowest BCUT2D eigenvalue weighted by atomic mass is 9.94. The van der Waals surface area contributed by atoms with Gasteiger partial charge < -0.3 is 15.0 Å². The average Bonchev–Trinajstić information content (AvgIpc) is 3.42. The number of ether oxygens (including phenoxy) is 1. The second-order valence-electron chi connectivity index (χ2n) is 12.2. The second-order valence-corrected chi connectivity index (χ2v) is 12.7. The number of esters is 1. The largest absolute Gasteiger partial charge is 0.463 e. The molecule has 1 aliphatic carbocycles. The van der Waals surface area contributed by atoms with Crippen LogP contribution >= 0.6 is 11.6 Å². The molecule has 6 rings (SSSR count). The van der Waals surface area contributed by atoms with Gasteiger partial charge in [0.25, 0.3) is 5.91 Å². The molecule has 0 unspecified atom stereocenters. The maximum absolute atomic E-state index is 15.1. The summed E-state index contributed by atoms with van der Waals surface area (Å²) in [4.78, 5) is 47.4. The molecule has 2 atom stereocenters. The van der Waals surface area contributed by atoms with Crippen LogP contribution in [0.25, 0.3) is 0 Å². The van der Waals surface area contributed by atoms with Crippen molar-refractivity contribution in [2.75, 3.05) is 11.5 Å². The molecule has 1 heterocycles. The number of rotatable bonds is 11. The van der Waals surface area contributed by atoms with Crippen LogP contribution in [-0.4, -0.2) is 35.3 Å². The Morgan fingerprint density at radius 1 is 0.854 bits per heavy atom. The zero-order valence-electron chi connectivity index (χ0n) is 27.1. The number of carbonyl (C=O) groups excluding carboxylic acids is 3. The van der Waals surface area contributed by atoms with Crippen LogP contribution in [0.5, 0.6) is 0 Å². The first-order chi connectivity index (χ1) is 23.5. The second kappa shape index (κ2) is 15.3. The summed E-state index contributed by atoms with van der Waals surface area (Å²) in [5.41, 5.74) is 3.21. The quantitative estimate of drug-likeness (QED) is 0.165. The van der Waals surface area contributed by atoms with E-state index in [1.807, 2.05) is 108 Å². The number of nitrogens with zero attached hydrogens (tertiary/aromatic N) is 2. The molecule has 2 amide bonds. The van der Waals surface area contributed by atoms with Crippen LogP contribution in [0.4, 0.5) is 5.69 Å². The third-order valence-corrected chi connectivity index (χ3v) is 9.29. The summed E-state index contributed by atoms with van der Waals surface area (Å²) in [5.74, 6) is -1.22. The number of halogens is 1. The molecule has 0 saturated heterocycles. The molecule has 0 radical (unpaired) electrons. The highest BCUT2D eigenvalue weighted by Crippen LogP contribution is 2.45. The summed E-state index contributed by atoms with van der Waals surface area (Å²) < 4.78 is 5.70. The van der Waals surface area contributed by atoms with E-state index in [1.165, 1.54) is 0 Å². The van der Waals surface area contributed by atoms with E-state index in [-0.39, 0.29) is 36.4 Å². The molecule has 1 N–H and O–H groups in total. The molecule has 4 aromatic carbocycles. The molecule has 1 saturated carbocycles. The summed E-state index contributed by atoms with van der Waals surface area (Å²) in [6, 6.07) is 33.9. The molecule has 8 heteroatoms. The number of anilines is 1. The summed E-state index contributed by atoms with van der Waals surface area (Å²) in [6.07, 6.45) is 5.07. The van der Waals surface area contributed by atoms with E-state index in [0.717, 1.165) is 37.7 Å². The van der Waals surface area contributed by atoms with Gasteiger partial charge in [-0.25, -0.2) is 4.79 Å². The standard InChI is InChI=1S/C40H40ClN3O4/c1-2-48-40(47)34-35(30-23-25-31(41)26-24-30)44(33-21-13-6-14-22-33)39(46)37(34)43(27-28-15-7-3-8-16-28)36(29-17-9-4-10-18-29)38(45)42-32-19-11-5-12-20-32/h3-4,6-10,13-18,21-26,32,35-36H,2,5,11-12,19-20,27H2,1H3,(H,42,45)/t35-,36+/m1/s1. The predicted molar refractivity (Wildman–Crippen MR) is 188 cm³/mol. The van der Waals surface area contributed by atoms with Crippen LogP contribution in [-0.2, 0) is 25.7 Å². The van der Waals surface area contributed by atoms with E-state index in [1.54, 1.807) is 24.0 Å². The number of nitrogens with one attached hydrogen (secondary N) is 1. The molecule has 0 aromatic heterocycles. The van der Waals surface area contributed by atoms with Crippen LogP contribution < -0.4 is 10.2 Å². The average molecular weight is 662 g/mol. The fraction of sp³-hybridized carbons (Fsp3) is 0.275. The van der Waals surface area contributed by atoms with Crippen molar-refractivity contribution in [3.8, 4) is 0 Å². The molecule has 2 aliphatic rings. The minimum atomic E-state index is -0.918.